The van der Waals surface area contributed by atoms with Crippen LogP contribution < -0.4 is 20.1 Å². The first-order chi connectivity index (χ1) is 13.1. The van der Waals surface area contributed by atoms with Gasteiger partial charge in [0.1, 0.15) is 11.5 Å². The van der Waals surface area contributed by atoms with Crippen LogP contribution in [0.2, 0.25) is 0 Å². The predicted octanol–water partition coefficient (Wildman–Crippen LogP) is 3.32. The molecule has 27 heavy (non-hydrogen) atoms. The summed E-state index contributed by atoms with van der Waals surface area (Å²) in [6.45, 7) is 2.41. The molecule has 0 saturated carbocycles. The van der Waals surface area contributed by atoms with Crippen molar-refractivity contribution in [3.8, 4) is 11.5 Å². The van der Waals surface area contributed by atoms with Crippen LogP contribution in [0.5, 0.6) is 11.5 Å². The third kappa shape index (κ3) is 5.64. The number of esters is 1. The maximum absolute atomic E-state index is 12.3. The first kappa shape index (κ1) is 20.1. The van der Waals surface area contributed by atoms with Crippen LogP contribution >= 0.6 is 0 Å². The summed E-state index contributed by atoms with van der Waals surface area (Å²) in [7, 11) is 3.09. The molecular formula is C20H24N2O5. The van der Waals surface area contributed by atoms with Crippen LogP contribution in [0.1, 0.15) is 23.7 Å². The number of para-hydroxylation sites is 1. The SMILES string of the molecule is CCOC(=O)c1ccccc1NCCC(=O)Nc1cc(OC)ccc1OC. The lowest BCUT2D eigenvalue weighted by molar-refractivity contribution is -0.116. The molecule has 2 aromatic rings. The zero-order valence-electron chi connectivity index (χ0n) is 15.7. The average molecular weight is 372 g/mol. The highest BCUT2D eigenvalue weighted by Crippen LogP contribution is 2.29. The summed E-state index contributed by atoms with van der Waals surface area (Å²) >= 11 is 0. The van der Waals surface area contributed by atoms with Crippen LogP contribution in [0.25, 0.3) is 0 Å². The van der Waals surface area contributed by atoms with Gasteiger partial charge >= 0.3 is 5.97 Å². The van der Waals surface area contributed by atoms with E-state index in [1.807, 2.05) is 6.07 Å². The molecule has 0 fully saturated rings. The first-order valence-corrected chi connectivity index (χ1v) is 8.61. The summed E-state index contributed by atoms with van der Waals surface area (Å²) in [5.74, 6) is 0.575. The van der Waals surface area contributed by atoms with Crippen LogP contribution in [-0.2, 0) is 9.53 Å². The number of carbonyl (C=O) groups excluding carboxylic acids is 2. The monoisotopic (exact) mass is 372 g/mol. The van der Waals surface area contributed by atoms with E-state index in [2.05, 4.69) is 10.6 Å². The second-order valence-electron chi connectivity index (χ2n) is 5.56. The molecule has 0 spiro atoms. The van der Waals surface area contributed by atoms with Crippen LogP contribution in [0, 0.1) is 0 Å². The summed E-state index contributed by atoms with van der Waals surface area (Å²) in [6, 6.07) is 12.2. The third-order valence-electron chi connectivity index (χ3n) is 3.77. The molecule has 0 aromatic heterocycles. The van der Waals surface area contributed by atoms with E-state index in [1.54, 1.807) is 50.4 Å². The number of ether oxygens (including phenoxy) is 3. The minimum Gasteiger partial charge on any atom is -0.497 e. The Morgan fingerprint density at radius 2 is 1.78 bits per heavy atom. The number of methoxy groups -OCH3 is 2. The van der Waals surface area contributed by atoms with Crippen molar-refractivity contribution in [2.45, 2.75) is 13.3 Å². The van der Waals surface area contributed by atoms with Crippen molar-refractivity contribution in [3.63, 3.8) is 0 Å². The van der Waals surface area contributed by atoms with Gasteiger partial charge in [0.05, 0.1) is 32.1 Å². The Morgan fingerprint density at radius 1 is 1.00 bits per heavy atom. The molecule has 0 aliphatic rings. The molecule has 144 valence electrons. The van der Waals surface area contributed by atoms with Crippen molar-refractivity contribution in [3.05, 3.63) is 48.0 Å². The number of hydrogen-bond donors (Lipinski definition) is 2. The molecule has 0 aliphatic carbocycles. The van der Waals surface area contributed by atoms with E-state index < -0.39 is 5.97 Å². The van der Waals surface area contributed by atoms with Gasteiger partial charge < -0.3 is 24.8 Å². The molecule has 7 nitrogen and oxygen atoms in total. The van der Waals surface area contributed by atoms with Crippen LogP contribution in [0.3, 0.4) is 0 Å². The molecule has 2 rings (SSSR count). The highest BCUT2D eigenvalue weighted by Gasteiger charge is 2.13. The number of rotatable bonds is 9. The Bertz CT molecular complexity index is 792. The normalized spacial score (nSPS) is 10.0. The largest absolute Gasteiger partial charge is 0.497 e. The van der Waals surface area contributed by atoms with Crippen molar-refractivity contribution in [1.29, 1.82) is 0 Å². The molecule has 0 aliphatic heterocycles. The van der Waals surface area contributed by atoms with E-state index >= 15 is 0 Å². The van der Waals surface area contributed by atoms with Gasteiger partial charge in [-0.25, -0.2) is 4.79 Å². The number of benzene rings is 2. The Hall–Kier alpha value is -3.22. The van der Waals surface area contributed by atoms with E-state index in [1.165, 1.54) is 7.11 Å². The number of carbonyl (C=O) groups is 2. The summed E-state index contributed by atoms with van der Waals surface area (Å²) in [4.78, 5) is 24.2. The minimum atomic E-state index is -0.397. The number of hydrogen-bond acceptors (Lipinski definition) is 6. The highest BCUT2D eigenvalue weighted by molar-refractivity contribution is 5.96. The second kappa shape index (κ2) is 10.1. The maximum atomic E-state index is 12.3. The molecule has 0 saturated heterocycles. The Labute approximate surface area is 158 Å². The average Bonchev–Trinajstić information content (AvgIpc) is 2.68. The van der Waals surface area contributed by atoms with Crippen molar-refractivity contribution in [2.24, 2.45) is 0 Å². The van der Waals surface area contributed by atoms with Gasteiger partial charge in [0, 0.05) is 24.7 Å². The lowest BCUT2D eigenvalue weighted by atomic mass is 10.1. The summed E-state index contributed by atoms with van der Waals surface area (Å²) in [6.07, 6.45) is 0.206. The van der Waals surface area contributed by atoms with E-state index in [-0.39, 0.29) is 12.3 Å². The summed E-state index contributed by atoms with van der Waals surface area (Å²) in [5.41, 5.74) is 1.60. The smallest absolute Gasteiger partial charge is 0.340 e. The lowest BCUT2D eigenvalue weighted by Gasteiger charge is -2.13. The Kier molecular flexibility index (Phi) is 7.49. The molecule has 0 radical (unpaired) electrons. The van der Waals surface area contributed by atoms with Gasteiger partial charge in [-0.1, -0.05) is 12.1 Å². The van der Waals surface area contributed by atoms with Gasteiger partial charge in [0.2, 0.25) is 5.91 Å². The fraction of sp³-hybridized carbons (Fsp3) is 0.300. The fourth-order valence-corrected chi connectivity index (χ4v) is 2.46. The quantitative estimate of drug-likeness (QED) is 0.657. The zero-order valence-corrected chi connectivity index (χ0v) is 15.7. The zero-order chi connectivity index (χ0) is 19.6. The maximum Gasteiger partial charge on any atom is 0.340 e. The van der Waals surface area contributed by atoms with Crippen molar-refractivity contribution < 1.29 is 23.8 Å². The minimum absolute atomic E-state index is 0.192. The summed E-state index contributed by atoms with van der Waals surface area (Å²) < 4.78 is 15.5. The Morgan fingerprint density at radius 3 is 2.48 bits per heavy atom. The molecule has 2 aromatic carbocycles. The van der Waals surface area contributed by atoms with Crippen LogP contribution in [0.4, 0.5) is 11.4 Å². The molecule has 0 atom stereocenters. The van der Waals surface area contributed by atoms with Crippen LogP contribution in [0.15, 0.2) is 42.5 Å². The molecule has 0 heterocycles. The molecule has 1 amide bonds. The standard InChI is InChI=1S/C20H24N2O5/c1-4-27-20(24)15-7-5-6-8-16(15)21-12-11-19(23)22-17-13-14(25-2)9-10-18(17)26-3/h5-10,13,21H,4,11-12H2,1-3H3,(H,22,23). The highest BCUT2D eigenvalue weighted by atomic mass is 16.5. The lowest BCUT2D eigenvalue weighted by Crippen LogP contribution is -2.18. The van der Waals surface area contributed by atoms with E-state index in [4.69, 9.17) is 14.2 Å². The van der Waals surface area contributed by atoms with Crippen LogP contribution in [-0.4, -0.2) is 39.2 Å². The van der Waals surface area contributed by atoms with Gasteiger partial charge in [-0.05, 0) is 31.2 Å². The van der Waals surface area contributed by atoms with Gasteiger partial charge in [-0.3, -0.25) is 4.79 Å². The molecular weight excluding hydrogens is 348 g/mol. The second-order valence-corrected chi connectivity index (χ2v) is 5.56. The topological polar surface area (TPSA) is 85.9 Å². The van der Waals surface area contributed by atoms with Gasteiger partial charge in [-0.2, -0.15) is 0 Å². The summed E-state index contributed by atoms with van der Waals surface area (Å²) in [5, 5.41) is 5.91. The number of amides is 1. The molecule has 0 bridgehead atoms. The van der Waals surface area contributed by atoms with E-state index in [0.29, 0.717) is 41.6 Å². The first-order valence-electron chi connectivity index (χ1n) is 8.61. The molecule has 2 N–H and O–H groups in total. The van der Waals surface area contributed by atoms with E-state index in [9.17, 15) is 9.59 Å². The van der Waals surface area contributed by atoms with Crippen molar-refractivity contribution >= 4 is 23.3 Å². The van der Waals surface area contributed by atoms with Gasteiger partial charge in [0.25, 0.3) is 0 Å². The third-order valence-corrected chi connectivity index (χ3v) is 3.77. The van der Waals surface area contributed by atoms with E-state index in [0.717, 1.165) is 0 Å². The molecule has 0 unspecified atom stereocenters. The number of anilines is 2. The Balaban J connectivity index is 1.95. The number of nitrogens with one attached hydrogen (secondary N) is 2. The van der Waals surface area contributed by atoms with Crippen molar-refractivity contribution in [1.82, 2.24) is 0 Å². The molecule has 7 heteroatoms. The van der Waals surface area contributed by atoms with Gasteiger partial charge in [-0.15, -0.1) is 0 Å². The van der Waals surface area contributed by atoms with Gasteiger partial charge in [0.15, 0.2) is 0 Å². The predicted molar refractivity (Wildman–Crippen MR) is 104 cm³/mol. The van der Waals surface area contributed by atoms with Crippen molar-refractivity contribution in [2.75, 3.05) is 38.0 Å². The fourth-order valence-electron chi connectivity index (χ4n) is 2.46.